The summed E-state index contributed by atoms with van der Waals surface area (Å²) in [6.07, 6.45) is 5.89. The molecule has 0 saturated heterocycles. The maximum atomic E-state index is 6.30. The first-order chi connectivity index (χ1) is 8.40. The lowest BCUT2D eigenvalue weighted by molar-refractivity contribution is 0.410. The lowest BCUT2D eigenvalue weighted by Crippen LogP contribution is -2.20. The monoisotopic (exact) mass is 245 g/mol. The molecule has 0 aromatic heterocycles. The standard InChI is InChI=1S/C17H27N/c1-5-13-9-12(11-17(2,3)4)10-15-14(13)7-6-8-16(15)18/h9-10,16H,5-8,11,18H2,1-4H3/t16-/m1/s1. The van der Waals surface area contributed by atoms with Gasteiger partial charge in [0.2, 0.25) is 0 Å². The molecule has 1 nitrogen and oxygen atoms in total. The number of benzene rings is 1. The summed E-state index contributed by atoms with van der Waals surface area (Å²) in [6.45, 7) is 9.17. The van der Waals surface area contributed by atoms with Crippen molar-refractivity contribution in [3.8, 4) is 0 Å². The van der Waals surface area contributed by atoms with Crippen LogP contribution in [-0.2, 0) is 19.3 Å². The second-order valence-corrected chi connectivity index (χ2v) is 6.91. The Balaban J connectivity index is 2.42. The Hall–Kier alpha value is -0.820. The Kier molecular flexibility index (Phi) is 3.82. The van der Waals surface area contributed by atoms with E-state index < -0.39 is 0 Å². The van der Waals surface area contributed by atoms with Gasteiger partial charge in [-0.1, -0.05) is 39.8 Å². The lowest BCUT2D eigenvalue weighted by Gasteiger charge is -2.27. The van der Waals surface area contributed by atoms with Crippen LogP contribution in [0.15, 0.2) is 12.1 Å². The van der Waals surface area contributed by atoms with Crippen LogP contribution in [0.25, 0.3) is 0 Å². The minimum atomic E-state index is 0.263. The van der Waals surface area contributed by atoms with Crippen LogP contribution in [0.3, 0.4) is 0 Å². The van der Waals surface area contributed by atoms with Gasteiger partial charge in [0.25, 0.3) is 0 Å². The van der Waals surface area contributed by atoms with Crippen molar-refractivity contribution < 1.29 is 0 Å². The molecule has 0 aliphatic heterocycles. The van der Waals surface area contributed by atoms with Crippen molar-refractivity contribution in [2.24, 2.45) is 11.1 Å². The molecule has 1 atom stereocenters. The average Bonchev–Trinajstić information content (AvgIpc) is 2.27. The second kappa shape index (κ2) is 5.05. The molecule has 0 fully saturated rings. The van der Waals surface area contributed by atoms with Gasteiger partial charge in [0, 0.05) is 6.04 Å². The Morgan fingerprint density at radius 2 is 2.00 bits per heavy atom. The number of fused-ring (bicyclic) bond motifs is 1. The first-order valence-electron chi connectivity index (χ1n) is 7.31. The molecule has 0 amide bonds. The zero-order valence-corrected chi connectivity index (χ0v) is 12.3. The highest BCUT2D eigenvalue weighted by atomic mass is 14.6. The van der Waals surface area contributed by atoms with Crippen LogP contribution in [0.5, 0.6) is 0 Å². The molecule has 2 rings (SSSR count). The molecule has 1 aromatic carbocycles. The highest BCUT2D eigenvalue weighted by molar-refractivity contribution is 5.42. The summed E-state index contributed by atoms with van der Waals surface area (Å²) in [5.74, 6) is 0. The topological polar surface area (TPSA) is 26.0 Å². The smallest absolute Gasteiger partial charge is 0.0297 e. The predicted molar refractivity (Wildman–Crippen MR) is 78.8 cm³/mol. The first kappa shape index (κ1) is 13.6. The molecule has 0 unspecified atom stereocenters. The van der Waals surface area contributed by atoms with E-state index in [1.54, 1.807) is 5.56 Å². The summed E-state index contributed by atoms with van der Waals surface area (Å²) in [7, 11) is 0. The normalized spacial score (nSPS) is 19.7. The minimum absolute atomic E-state index is 0.263. The average molecular weight is 245 g/mol. The number of rotatable bonds is 2. The van der Waals surface area contributed by atoms with Crippen LogP contribution >= 0.6 is 0 Å². The molecule has 1 aliphatic rings. The Morgan fingerprint density at radius 3 is 2.61 bits per heavy atom. The van der Waals surface area contributed by atoms with E-state index >= 15 is 0 Å². The van der Waals surface area contributed by atoms with Crippen molar-refractivity contribution in [3.05, 3.63) is 34.4 Å². The van der Waals surface area contributed by atoms with Crippen LogP contribution < -0.4 is 5.73 Å². The van der Waals surface area contributed by atoms with Crippen molar-refractivity contribution >= 4 is 0 Å². The quantitative estimate of drug-likeness (QED) is 0.831. The molecule has 1 aliphatic carbocycles. The maximum Gasteiger partial charge on any atom is 0.0297 e. The molecule has 1 aromatic rings. The number of hydrogen-bond donors (Lipinski definition) is 1. The molecule has 0 bridgehead atoms. The van der Waals surface area contributed by atoms with Gasteiger partial charge in [-0.25, -0.2) is 0 Å². The van der Waals surface area contributed by atoms with Gasteiger partial charge in [-0.15, -0.1) is 0 Å². The number of nitrogens with two attached hydrogens (primary N) is 1. The second-order valence-electron chi connectivity index (χ2n) is 6.91. The van der Waals surface area contributed by atoms with Crippen molar-refractivity contribution in [2.45, 2.75) is 65.8 Å². The van der Waals surface area contributed by atoms with E-state index in [4.69, 9.17) is 5.73 Å². The summed E-state index contributed by atoms with van der Waals surface area (Å²) < 4.78 is 0. The van der Waals surface area contributed by atoms with Crippen molar-refractivity contribution in [1.82, 2.24) is 0 Å². The molecule has 18 heavy (non-hydrogen) atoms. The molecule has 100 valence electrons. The zero-order valence-electron chi connectivity index (χ0n) is 12.3. The maximum absolute atomic E-state index is 6.30. The van der Waals surface area contributed by atoms with E-state index in [9.17, 15) is 0 Å². The molecular formula is C17H27N. The van der Waals surface area contributed by atoms with Gasteiger partial charge in [-0.2, -0.15) is 0 Å². The van der Waals surface area contributed by atoms with E-state index in [-0.39, 0.29) is 6.04 Å². The predicted octanol–water partition coefficient (Wildman–Crippen LogP) is 4.17. The fourth-order valence-electron chi connectivity index (χ4n) is 3.14. The molecule has 0 radical (unpaired) electrons. The molecule has 1 heteroatoms. The van der Waals surface area contributed by atoms with Gasteiger partial charge in [0.05, 0.1) is 0 Å². The van der Waals surface area contributed by atoms with Gasteiger partial charge in [-0.3, -0.25) is 0 Å². The van der Waals surface area contributed by atoms with Gasteiger partial charge in [0.1, 0.15) is 0 Å². The van der Waals surface area contributed by atoms with Gasteiger partial charge in [-0.05, 0) is 59.8 Å². The molecule has 0 saturated carbocycles. The highest BCUT2D eigenvalue weighted by Crippen LogP contribution is 2.33. The van der Waals surface area contributed by atoms with E-state index in [0.29, 0.717) is 5.41 Å². The van der Waals surface area contributed by atoms with Crippen LogP contribution in [0.4, 0.5) is 0 Å². The third kappa shape index (κ3) is 2.95. The molecule has 0 heterocycles. The van der Waals surface area contributed by atoms with E-state index in [0.717, 1.165) is 19.3 Å². The first-order valence-corrected chi connectivity index (χ1v) is 7.31. The summed E-state index contributed by atoms with van der Waals surface area (Å²) in [4.78, 5) is 0. The van der Waals surface area contributed by atoms with E-state index in [1.807, 2.05) is 0 Å². The van der Waals surface area contributed by atoms with Crippen molar-refractivity contribution in [1.29, 1.82) is 0 Å². The summed E-state index contributed by atoms with van der Waals surface area (Å²) in [6, 6.07) is 5.06. The van der Waals surface area contributed by atoms with Crippen LogP contribution in [-0.4, -0.2) is 0 Å². The van der Waals surface area contributed by atoms with Gasteiger partial charge < -0.3 is 5.73 Å². The third-order valence-electron chi connectivity index (χ3n) is 3.89. The summed E-state index contributed by atoms with van der Waals surface area (Å²) in [5, 5.41) is 0. The minimum Gasteiger partial charge on any atom is -0.324 e. The molecular weight excluding hydrogens is 218 g/mol. The summed E-state index contributed by atoms with van der Waals surface area (Å²) >= 11 is 0. The number of aryl methyl sites for hydroxylation is 1. The lowest BCUT2D eigenvalue weighted by atomic mass is 9.80. The fourth-order valence-corrected chi connectivity index (χ4v) is 3.14. The Morgan fingerprint density at radius 1 is 1.28 bits per heavy atom. The van der Waals surface area contributed by atoms with Gasteiger partial charge >= 0.3 is 0 Å². The van der Waals surface area contributed by atoms with E-state index in [1.165, 1.54) is 29.5 Å². The summed E-state index contributed by atoms with van der Waals surface area (Å²) in [5.41, 5.74) is 12.6. The van der Waals surface area contributed by atoms with Crippen LogP contribution in [0.2, 0.25) is 0 Å². The molecule has 2 N–H and O–H groups in total. The van der Waals surface area contributed by atoms with E-state index in [2.05, 4.69) is 39.8 Å². The van der Waals surface area contributed by atoms with Crippen molar-refractivity contribution in [3.63, 3.8) is 0 Å². The Bertz CT molecular complexity index is 426. The SMILES string of the molecule is CCc1cc(CC(C)(C)C)cc2c1CCC[C@H]2N. The zero-order chi connectivity index (χ0) is 13.3. The highest BCUT2D eigenvalue weighted by Gasteiger charge is 2.21. The fraction of sp³-hybridized carbons (Fsp3) is 0.647. The van der Waals surface area contributed by atoms with Gasteiger partial charge in [0.15, 0.2) is 0 Å². The number of hydrogen-bond acceptors (Lipinski definition) is 1. The van der Waals surface area contributed by atoms with Crippen LogP contribution in [0.1, 0.15) is 68.8 Å². The van der Waals surface area contributed by atoms with Crippen LogP contribution in [0, 0.1) is 5.41 Å². The third-order valence-corrected chi connectivity index (χ3v) is 3.89. The molecule has 0 spiro atoms. The largest absolute Gasteiger partial charge is 0.324 e. The Labute approximate surface area is 112 Å². The van der Waals surface area contributed by atoms with Crippen molar-refractivity contribution in [2.75, 3.05) is 0 Å².